The fraction of sp³-hybridized carbons (Fsp3) is 0.444. The number of halogens is 2. The summed E-state index contributed by atoms with van der Waals surface area (Å²) in [6.07, 6.45) is 0. The molecule has 6 nitrogen and oxygen atoms in total. The Labute approximate surface area is 162 Å². The summed E-state index contributed by atoms with van der Waals surface area (Å²) in [5, 5.41) is 7.87. The number of aromatic nitrogens is 1. The van der Waals surface area contributed by atoms with Crippen molar-refractivity contribution >= 4 is 29.1 Å². The van der Waals surface area contributed by atoms with Crippen LogP contribution in [0.5, 0.6) is 0 Å². The van der Waals surface area contributed by atoms with Gasteiger partial charge in [-0.2, -0.15) is 0 Å². The van der Waals surface area contributed by atoms with Crippen molar-refractivity contribution < 1.29 is 14.1 Å². The predicted octanol–water partition coefficient (Wildman–Crippen LogP) is 3.41. The minimum absolute atomic E-state index is 0.0375. The summed E-state index contributed by atoms with van der Waals surface area (Å²) >= 11 is 12.5. The Morgan fingerprint density at radius 3 is 2.62 bits per heavy atom. The molecule has 2 aromatic rings. The van der Waals surface area contributed by atoms with Crippen molar-refractivity contribution in [3.8, 4) is 11.3 Å². The number of hydrogen-bond acceptors (Lipinski definition) is 5. The van der Waals surface area contributed by atoms with E-state index < -0.39 is 0 Å². The summed E-state index contributed by atoms with van der Waals surface area (Å²) in [7, 11) is 0. The largest absolute Gasteiger partial charge is 0.379 e. The molecular weight excluding hydrogens is 377 g/mol. The lowest BCUT2D eigenvalue weighted by molar-refractivity contribution is 0.0342. The van der Waals surface area contributed by atoms with Crippen LogP contribution in [0, 0.1) is 6.92 Å². The van der Waals surface area contributed by atoms with Gasteiger partial charge in [-0.1, -0.05) is 34.4 Å². The van der Waals surface area contributed by atoms with Crippen molar-refractivity contribution in [2.45, 2.75) is 19.9 Å². The molecule has 0 aliphatic carbocycles. The van der Waals surface area contributed by atoms with Gasteiger partial charge in [0.1, 0.15) is 17.0 Å². The fourth-order valence-electron chi connectivity index (χ4n) is 3.05. The van der Waals surface area contributed by atoms with Crippen LogP contribution in [0.3, 0.4) is 0 Å². The quantitative estimate of drug-likeness (QED) is 0.836. The molecule has 1 aromatic heterocycles. The van der Waals surface area contributed by atoms with Crippen molar-refractivity contribution in [3.63, 3.8) is 0 Å². The zero-order chi connectivity index (χ0) is 18.7. The standard InChI is InChI=1S/C18H21Cl2N3O3/c1-11(10-23-6-8-25-9-7-23)21-18(24)15-12(2)26-22-17(15)16-13(19)4-3-5-14(16)20/h3-5,11H,6-10H2,1-2H3,(H,21,24). The minimum Gasteiger partial charge on any atom is -0.379 e. The molecule has 1 saturated heterocycles. The number of hydrogen-bond donors (Lipinski definition) is 1. The molecule has 1 fully saturated rings. The molecule has 0 bridgehead atoms. The Morgan fingerprint density at radius 2 is 1.96 bits per heavy atom. The molecule has 140 valence electrons. The third-order valence-corrected chi connectivity index (χ3v) is 4.93. The van der Waals surface area contributed by atoms with Crippen LogP contribution in [-0.4, -0.2) is 54.9 Å². The average molecular weight is 398 g/mol. The highest BCUT2D eigenvalue weighted by molar-refractivity contribution is 6.39. The molecule has 1 atom stereocenters. The summed E-state index contributed by atoms with van der Waals surface area (Å²) < 4.78 is 10.6. The van der Waals surface area contributed by atoms with Crippen molar-refractivity contribution in [2.24, 2.45) is 0 Å². The third kappa shape index (κ3) is 4.20. The third-order valence-electron chi connectivity index (χ3n) is 4.30. The maximum absolute atomic E-state index is 12.9. The van der Waals surface area contributed by atoms with Crippen LogP contribution in [0.25, 0.3) is 11.3 Å². The first-order valence-electron chi connectivity index (χ1n) is 8.49. The number of aryl methyl sites for hydroxylation is 1. The van der Waals surface area contributed by atoms with Crippen LogP contribution in [0.2, 0.25) is 10.0 Å². The van der Waals surface area contributed by atoms with Gasteiger partial charge in [0, 0.05) is 31.2 Å². The van der Waals surface area contributed by atoms with E-state index in [1.807, 2.05) is 6.92 Å². The number of rotatable bonds is 5. The Bertz CT molecular complexity index is 768. The lowest BCUT2D eigenvalue weighted by Crippen LogP contribution is -2.46. The van der Waals surface area contributed by atoms with Crippen molar-refractivity contribution in [1.82, 2.24) is 15.4 Å². The number of carbonyl (C=O) groups excluding carboxylic acids is 1. The van der Waals surface area contributed by atoms with Crippen LogP contribution < -0.4 is 5.32 Å². The van der Waals surface area contributed by atoms with E-state index in [1.54, 1.807) is 25.1 Å². The van der Waals surface area contributed by atoms with Gasteiger partial charge in [0.05, 0.1) is 23.3 Å². The molecule has 1 aliphatic heterocycles. The molecule has 8 heteroatoms. The van der Waals surface area contributed by atoms with Crippen LogP contribution >= 0.6 is 23.2 Å². The lowest BCUT2D eigenvalue weighted by Gasteiger charge is -2.29. The Hall–Kier alpha value is -1.60. The maximum atomic E-state index is 12.9. The Balaban J connectivity index is 1.78. The van der Waals surface area contributed by atoms with Gasteiger partial charge in [-0.05, 0) is 26.0 Å². The van der Waals surface area contributed by atoms with Gasteiger partial charge in [-0.25, -0.2) is 0 Å². The summed E-state index contributed by atoms with van der Waals surface area (Å²) in [6.45, 7) is 7.60. The number of morpholine rings is 1. The average Bonchev–Trinajstić information content (AvgIpc) is 2.97. The van der Waals surface area contributed by atoms with Gasteiger partial charge in [0.25, 0.3) is 5.91 Å². The monoisotopic (exact) mass is 397 g/mol. The smallest absolute Gasteiger partial charge is 0.257 e. The van der Waals surface area contributed by atoms with Crippen LogP contribution in [0.15, 0.2) is 22.7 Å². The Kier molecular flexibility index (Phi) is 6.19. The summed E-state index contributed by atoms with van der Waals surface area (Å²) in [5.74, 6) is 0.169. The van der Waals surface area contributed by atoms with Gasteiger partial charge in [0.2, 0.25) is 0 Å². The second-order valence-electron chi connectivity index (χ2n) is 6.35. The Morgan fingerprint density at radius 1 is 1.31 bits per heavy atom. The van der Waals surface area contributed by atoms with E-state index in [-0.39, 0.29) is 11.9 Å². The van der Waals surface area contributed by atoms with Crippen LogP contribution in [0.4, 0.5) is 0 Å². The maximum Gasteiger partial charge on any atom is 0.257 e. The highest BCUT2D eigenvalue weighted by atomic mass is 35.5. The number of nitrogens with zero attached hydrogens (tertiary/aromatic N) is 2. The molecule has 1 amide bonds. The van der Waals surface area contributed by atoms with E-state index in [9.17, 15) is 4.79 Å². The molecule has 1 aliphatic rings. The molecule has 0 saturated carbocycles. The first kappa shape index (κ1) is 19.2. The molecule has 2 heterocycles. The number of carbonyl (C=O) groups is 1. The lowest BCUT2D eigenvalue weighted by atomic mass is 10.0. The van der Waals surface area contributed by atoms with E-state index in [0.29, 0.717) is 32.6 Å². The molecule has 3 rings (SSSR count). The van der Waals surface area contributed by atoms with E-state index in [4.69, 9.17) is 32.5 Å². The second-order valence-corrected chi connectivity index (χ2v) is 7.16. The molecule has 0 radical (unpaired) electrons. The first-order valence-corrected chi connectivity index (χ1v) is 9.24. The molecular formula is C18H21Cl2N3O3. The number of amides is 1. The predicted molar refractivity (Wildman–Crippen MR) is 101 cm³/mol. The van der Waals surface area contributed by atoms with Crippen molar-refractivity contribution in [3.05, 3.63) is 39.6 Å². The summed E-state index contributed by atoms with van der Waals surface area (Å²) in [4.78, 5) is 15.1. The zero-order valence-electron chi connectivity index (χ0n) is 14.7. The zero-order valence-corrected chi connectivity index (χ0v) is 16.2. The second kappa shape index (κ2) is 8.39. The normalized spacial score (nSPS) is 16.5. The van der Waals surface area contributed by atoms with E-state index >= 15 is 0 Å². The van der Waals surface area contributed by atoms with Crippen molar-refractivity contribution in [1.29, 1.82) is 0 Å². The SMILES string of the molecule is Cc1onc(-c2c(Cl)cccc2Cl)c1C(=O)NC(C)CN1CCOCC1. The molecule has 0 spiro atoms. The van der Waals surface area contributed by atoms with Gasteiger partial charge >= 0.3 is 0 Å². The number of nitrogens with one attached hydrogen (secondary N) is 1. The van der Waals surface area contributed by atoms with Gasteiger partial charge in [0.15, 0.2) is 0 Å². The van der Waals surface area contributed by atoms with Crippen molar-refractivity contribution in [2.75, 3.05) is 32.8 Å². The highest BCUT2D eigenvalue weighted by Gasteiger charge is 2.26. The highest BCUT2D eigenvalue weighted by Crippen LogP contribution is 2.36. The van der Waals surface area contributed by atoms with E-state index in [1.165, 1.54) is 0 Å². The number of ether oxygens (including phenoxy) is 1. The minimum atomic E-state index is -0.254. The molecule has 1 aromatic carbocycles. The fourth-order valence-corrected chi connectivity index (χ4v) is 3.62. The topological polar surface area (TPSA) is 67.6 Å². The molecule has 26 heavy (non-hydrogen) atoms. The molecule has 1 N–H and O–H groups in total. The summed E-state index contributed by atoms with van der Waals surface area (Å²) in [5.41, 5.74) is 1.21. The van der Waals surface area contributed by atoms with Crippen LogP contribution in [0.1, 0.15) is 23.0 Å². The summed E-state index contributed by atoms with van der Waals surface area (Å²) in [6, 6.07) is 5.11. The van der Waals surface area contributed by atoms with Crippen LogP contribution in [-0.2, 0) is 4.74 Å². The van der Waals surface area contributed by atoms with E-state index in [2.05, 4.69) is 15.4 Å². The van der Waals surface area contributed by atoms with Gasteiger partial charge < -0.3 is 14.6 Å². The number of benzene rings is 1. The van der Waals surface area contributed by atoms with E-state index in [0.717, 1.165) is 32.8 Å². The van der Waals surface area contributed by atoms with Gasteiger partial charge in [-0.15, -0.1) is 0 Å². The molecule has 1 unspecified atom stereocenters. The first-order chi connectivity index (χ1) is 12.5. The van der Waals surface area contributed by atoms with Gasteiger partial charge in [-0.3, -0.25) is 9.69 Å².